The van der Waals surface area contributed by atoms with Crippen molar-refractivity contribution in [2.45, 2.75) is 51.2 Å². The number of hydrogen-bond donors (Lipinski definition) is 3. The number of alkyl carbamates (subject to hydrolysis) is 1. The highest BCUT2D eigenvalue weighted by molar-refractivity contribution is 5.74. The maximum atomic E-state index is 14.2. The summed E-state index contributed by atoms with van der Waals surface area (Å²) in [5.41, 5.74) is 1.70. The topological polar surface area (TPSA) is 101 Å². The minimum Gasteiger partial charge on any atom is -0.453 e. The monoisotopic (exact) mass is 522 g/mol. The van der Waals surface area contributed by atoms with E-state index >= 15 is 0 Å². The fourth-order valence-electron chi connectivity index (χ4n) is 5.35. The zero-order valence-corrected chi connectivity index (χ0v) is 22.4. The van der Waals surface area contributed by atoms with E-state index in [1.165, 1.54) is 19.2 Å². The molecule has 2 fully saturated rings. The van der Waals surface area contributed by atoms with E-state index in [9.17, 15) is 14.0 Å². The van der Waals surface area contributed by atoms with Gasteiger partial charge in [0.25, 0.3) is 0 Å². The molecule has 2 saturated heterocycles. The van der Waals surface area contributed by atoms with Gasteiger partial charge >= 0.3 is 12.1 Å². The maximum absolute atomic E-state index is 14.2. The van der Waals surface area contributed by atoms with Crippen LogP contribution in [0, 0.1) is 24.6 Å². The number of piperidine rings is 1. The maximum Gasteiger partial charge on any atom is 0.406 e. The number of rotatable bonds is 11. The summed E-state index contributed by atoms with van der Waals surface area (Å²) in [4.78, 5) is 26.6. The minimum atomic E-state index is -0.529. The van der Waals surface area contributed by atoms with E-state index in [1.54, 1.807) is 6.07 Å². The van der Waals surface area contributed by atoms with Gasteiger partial charge in [-0.2, -0.15) is 0 Å². The number of carbonyl (C=O) groups is 2. The van der Waals surface area contributed by atoms with E-state index in [-0.39, 0.29) is 37.0 Å². The van der Waals surface area contributed by atoms with Crippen molar-refractivity contribution in [2.75, 3.05) is 60.2 Å². The molecule has 0 saturated carbocycles. The van der Waals surface area contributed by atoms with Crippen LogP contribution in [0.15, 0.2) is 18.2 Å². The number of likely N-dealkylation sites (N-methyl/N-ethyl adjacent to an activating group) is 1. The normalized spacial score (nSPS) is 21.7. The third-order valence-corrected chi connectivity index (χ3v) is 7.23. The summed E-state index contributed by atoms with van der Waals surface area (Å²) in [6, 6.07) is 4.64. The number of aryl methyl sites for hydroxylation is 1. The molecular weight excluding hydrogens is 479 g/mol. The Hall–Kier alpha value is -2.43. The van der Waals surface area contributed by atoms with Crippen molar-refractivity contribution < 1.29 is 28.2 Å². The average molecular weight is 523 g/mol. The fourth-order valence-corrected chi connectivity index (χ4v) is 5.35. The molecule has 2 heterocycles. The first-order valence-electron chi connectivity index (χ1n) is 13.4. The van der Waals surface area contributed by atoms with Gasteiger partial charge in [-0.15, -0.1) is 0 Å². The molecule has 3 amide bonds. The summed E-state index contributed by atoms with van der Waals surface area (Å²) in [5, 5.41) is 9.04. The third-order valence-electron chi connectivity index (χ3n) is 7.23. The molecule has 0 unspecified atom stereocenters. The van der Waals surface area contributed by atoms with Crippen LogP contribution in [0.1, 0.15) is 49.3 Å². The zero-order chi connectivity index (χ0) is 26.6. The molecule has 1 aromatic rings. The van der Waals surface area contributed by atoms with Crippen molar-refractivity contribution in [3.8, 4) is 0 Å². The van der Waals surface area contributed by atoms with Gasteiger partial charge in [0, 0.05) is 51.4 Å². The Balaban J connectivity index is 1.66. The SMILES string of the molecule is CNC[C@H](C[C@H]1CCCOC1)NC(=O)N1CCC[C@@H]([C@@H](OCCNC(=O)OC)c2cc(F)ccc2C)C1. The average Bonchev–Trinajstić information content (AvgIpc) is 2.91. The molecule has 0 spiro atoms. The lowest BCUT2D eigenvalue weighted by Gasteiger charge is -2.38. The van der Waals surface area contributed by atoms with Gasteiger partial charge in [0.05, 0.1) is 19.8 Å². The van der Waals surface area contributed by atoms with Gasteiger partial charge in [0.2, 0.25) is 0 Å². The molecule has 3 rings (SSSR count). The van der Waals surface area contributed by atoms with E-state index in [0.29, 0.717) is 25.6 Å². The van der Waals surface area contributed by atoms with Crippen LogP contribution in [0.3, 0.4) is 0 Å². The van der Waals surface area contributed by atoms with Gasteiger partial charge < -0.3 is 35.1 Å². The number of ether oxygens (including phenoxy) is 3. The predicted octanol–water partition coefficient (Wildman–Crippen LogP) is 3.37. The van der Waals surface area contributed by atoms with Crippen LogP contribution in [0.5, 0.6) is 0 Å². The third kappa shape index (κ3) is 9.12. The summed E-state index contributed by atoms with van der Waals surface area (Å²) < 4.78 is 30.7. The highest BCUT2D eigenvalue weighted by Gasteiger charge is 2.33. The van der Waals surface area contributed by atoms with E-state index in [1.807, 2.05) is 18.9 Å². The van der Waals surface area contributed by atoms with E-state index in [2.05, 4.69) is 20.7 Å². The first kappa shape index (κ1) is 29.1. The summed E-state index contributed by atoms with van der Waals surface area (Å²) in [5.74, 6) is 0.121. The minimum absolute atomic E-state index is 0.00683. The summed E-state index contributed by atoms with van der Waals surface area (Å²) in [6.07, 6.45) is 3.82. The van der Waals surface area contributed by atoms with Crippen LogP contribution in [-0.4, -0.2) is 83.2 Å². The van der Waals surface area contributed by atoms with E-state index in [0.717, 1.165) is 56.4 Å². The van der Waals surface area contributed by atoms with Crippen molar-refractivity contribution in [3.05, 3.63) is 35.1 Å². The molecule has 1 aromatic carbocycles. The predicted molar refractivity (Wildman–Crippen MR) is 139 cm³/mol. The Morgan fingerprint density at radius 3 is 2.84 bits per heavy atom. The number of amides is 3. The molecule has 37 heavy (non-hydrogen) atoms. The second-order valence-electron chi connectivity index (χ2n) is 10.1. The van der Waals surface area contributed by atoms with Crippen molar-refractivity contribution in [2.24, 2.45) is 11.8 Å². The van der Waals surface area contributed by atoms with Crippen molar-refractivity contribution in [1.29, 1.82) is 0 Å². The molecule has 9 nitrogen and oxygen atoms in total. The summed E-state index contributed by atoms with van der Waals surface area (Å²) in [7, 11) is 3.20. The molecule has 208 valence electrons. The van der Waals surface area contributed by atoms with Gasteiger partial charge in [0.1, 0.15) is 5.82 Å². The molecule has 2 aliphatic rings. The molecular formula is C27H43FN4O5. The van der Waals surface area contributed by atoms with Crippen LogP contribution in [0.25, 0.3) is 0 Å². The Morgan fingerprint density at radius 1 is 1.27 bits per heavy atom. The lowest BCUT2D eigenvalue weighted by atomic mass is 9.86. The van der Waals surface area contributed by atoms with Gasteiger partial charge in [-0.05, 0) is 75.3 Å². The van der Waals surface area contributed by atoms with Crippen LogP contribution in [0.4, 0.5) is 14.0 Å². The van der Waals surface area contributed by atoms with Crippen LogP contribution in [-0.2, 0) is 14.2 Å². The molecule has 4 atom stereocenters. The number of halogens is 1. The molecule has 0 radical (unpaired) electrons. The van der Waals surface area contributed by atoms with Crippen LogP contribution in [0.2, 0.25) is 0 Å². The number of urea groups is 1. The molecule has 2 aliphatic heterocycles. The first-order chi connectivity index (χ1) is 17.9. The highest BCUT2D eigenvalue weighted by atomic mass is 19.1. The number of nitrogens with one attached hydrogen (secondary N) is 3. The van der Waals surface area contributed by atoms with Crippen molar-refractivity contribution in [3.63, 3.8) is 0 Å². The Bertz CT molecular complexity index is 867. The van der Waals surface area contributed by atoms with Crippen LogP contribution >= 0.6 is 0 Å². The Labute approximate surface area is 219 Å². The van der Waals surface area contributed by atoms with Gasteiger partial charge in [0.15, 0.2) is 0 Å². The zero-order valence-electron chi connectivity index (χ0n) is 22.4. The smallest absolute Gasteiger partial charge is 0.406 e. The molecule has 0 aliphatic carbocycles. The molecule has 0 bridgehead atoms. The number of likely N-dealkylation sites (tertiary alicyclic amines) is 1. The number of hydrogen-bond acceptors (Lipinski definition) is 6. The van der Waals surface area contributed by atoms with Gasteiger partial charge in [-0.1, -0.05) is 6.07 Å². The Kier molecular flexibility index (Phi) is 11.9. The van der Waals surface area contributed by atoms with E-state index in [4.69, 9.17) is 9.47 Å². The lowest BCUT2D eigenvalue weighted by Crippen LogP contribution is -2.52. The Morgan fingerprint density at radius 2 is 2.11 bits per heavy atom. The molecule has 10 heteroatoms. The largest absolute Gasteiger partial charge is 0.453 e. The number of methoxy groups -OCH3 is 1. The van der Waals surface area contributed by atoms with Crippen LogP contribution < -0.4 is 16.0 Å². The van der Waals surface area contributed by atoms with Crippen molar-refractivity contribution in [1.82, 2.24) is 20.9 Å². The quantitative estimate of drug-likeness (QED) is 0.385. The van der Waals surface area contributed by atoms with Gasteiger partial charge in [-0.25, -0.2) is 14.0 Å². The van der Waals surface area contributed by atoms with Crippen molar-refractivity contribution >= 4 is 12.1 Å². The van der Waals surface area contributed by atoms with E-state index < -0.39 is 12.2 Å². The summed E-state index contributed by atoms with van der Waals surface area (Å²) >= 11 is 0. The number of carbonyl (C=O) groups excluding carboxylic acids is 2. The second kappa shape index (κ2) is 15.1. The fraction of sp³-hybridized carbons (Fsp3) is 0.704. The number of nitrogens with zero attached hydrogens (tertiary/aromatic N) is 1. The number of benzene rings is 1. The highest BCUT2D eigenvalue weighted by Crippen LogP contribution is 2.35. The van der Waals surface area contributed by atoms with Gasteiger partial charge in [-0.3, -0.25) is 0 Å². The standard InChI is InChI=1S/C27H43FN4O5/c1-19-8-9-22(28)15-24(19)25(37-13-10-30-27(34)35-3)21-7-4-11-32(17-21)26(33)31-23(16-29-2)14-20-6-5-12-36-18-20/h8-9,15,20-21,23,25,29H,4-7,10-14,16-18H2,1-3H3,(H,30,34)(H,31,33)/t20-,21-,23+,25-/m1/s1. The molecule has 0 aromatic heterocycles. The lowest BCUT2D eigenvalue weighted by molar-refractivity contribution is -0.00923. The second-order valence-corrected chi connectivity index (χ2v) is 10.1. The molecule has 3 N–H and O–H groups in total. The first-order valence-corrected chi connectivity index (χ1v) is 13.4. The summed E-state index contributed by atoms with van der Waals surface area (Å²) in [6.45, 7) is 5.89.